The molecule has 0 amide bonds. The minimum atomic E-state index is 0.328. The van der Waals surface area contributed by atoms with E-state index in [1.165, 1.54) is 51.9 Å². The molecule has 3 nitrogen and oxygen atoms in total. The molecule has 0 saturated carbocycles. The lowest BCUT2D eigenvalue weighted by molar-refractivity contribution is -0.117. The summed E-state index contributed by atoms with van der Waals surface area (Å²) in [4.78, 5) is 13.5. The summed E-state index contributed by atoms with van der Waals surface area (Å²) in [7, 11) is 0. The first-order valence-corrected chi connectivity index (χ1v) is 7.18. The smallest absolute Gasteiger partial charge is 0.129 e. The first-order valence-electron chi connectivity index (χ1n) is 7.18. The number of ketones is 1. The largest absolute Gasteiger partial charge is 0.317 e. The first-order chi connectivity index (χ1) is 8.24. The SMILES string of the molecule is CCCN(CCCCC(C)=O)C1CCNCC1. The lowest BCUT2D eigenvalue weighted by Gasteiger charge is -2.34. The lowest BCUT2D eigenvalue weighted by Crippen LogP contribution is -2.43. The van der Waals surface area contributed by atoms with Crippen molar-refractivity contribution in [1.82, 2.24) is 10.2 Å². The van der Waals surface area contributed by atoms with Crippen molar-refractivity contribution in [3.05, 3.63) is 0 Å². The third-order valence-corrected chi connectivity index (χ3v) is 3.56. The van der Waals surface area contributed by atoms with Gasteiger partial charge >= 0.3 is 0 Å². The summed E-state index contributed by atoms with van der Waals surface area (Å²) in [6.45, 7) is 8.66. The monoisotopic (exact) mass is 240 g/mol. The second-order valence-electron chi connectivity index (χ2n) is 5.18. The summed E-state index contributed by atoms with van der Waals surface area (Å²) in [6.07, 6.45) is 6.78. The van der Waals surface area contributed by atoms with Gasteiger partial charge in [-0.05, 0) is 65.2 Å². The molecule has 17 heavy (non-hydrogen) atoms. The molecule has 1 fully saturated rings. The van der Waals surface area contributed by atoms with Crippen molar-refractivity contribution < 1.29 is 4.79 Å². The minimum Gasteiger partial charge on any atom is -0.317 e. The van der Waals surface area contributed by atoms with Crippen molar-refractivity contribution in [3.8, 4) is 0 Å². The Hall–Kier alpha value is -0.410. The Balaban J connectivity index is 2.24. The van der Waals surface area contributed by atoms with Gasteiger partial charge in [-0.3, -0.25) is 0 Å². The number of hydrogen-bond acceptors (Lipinski definition) is 3. The highest BCUT2D eigenvalue weighted by Gasteiger charge is 2.19. The van der Waals surface area contributed by atoms with Crippen LogP contribution >= 0.6 is 0 Å². The number of carbonyl (C=O) groups excluding carboxylic acids is 1. The van der Waals surface area contributed by atoms with Crippen molar-refractivity contribution in [1.29, 1.82) is 0 Å². The van der Waals surface area contributed by atoms with Crippen molar-refractivity contribution >= 4 is 5.78 Å². The summed E-state index contributed by atoms with van der Waals surface area (Å²) in [5.41, 5.74) is 0. The van der Waals surface area contributed by atoms with Crippen molar-refractivity contribution in [2.45, 2.75) is 58.4 Å². The third kappa shape index (κ3) is 6.18. The highest BCUT2D eigenvalue weighted by Crippen LogP contribution is 2.13. The van der Waals surface area contributed by atoms with E-state index in [0.29, 0.717) is 5.78 Å². The molecule has 1 aliphatic heterocycles. The van der Waals surface area contributed by atoms with Crippen LogP contribution < -0.4 is 5.32 Å². The number of rotatable bonds is 8. The zero-order valence-corrected chi connectivity index (χ0v) is 11.5. The van der Waals surface area contributed by atoms with Crippen LogP contribution in [0.2, 0.25) is 0 Å². The van der Waals surface area contributed by atoms with E-state index in [4.69, 9.17) is 0 Å². The molecule has 0 aliphatic carbocycles. The molecule has 0 aromatic heterocycles. The molecule has 1 heterocycles. The summed E-state index contributed by atoms with van der Waals surface area (Å²) in [5.74, 6) is 0.328. The molecular weight excluding hydrogens is 212 g/mol. The molecule has 0 radical (unpaired) electrons. The molecular formula is C14H28N2O. The van der Waals surface area contributed by atoms with E-state index in [-0.39, 0.29) is 0 Å². The maximum absolute atomic E-state index is 10.9. The number of piperidine rings is 1. The molecule has 1 N–H and O–H groups in total. The van der Waals surface area contributed by atoms with E-state index < -0.39 is 0 Å². The highest BCUT2D eigenvalue weighted by molar-refractivity contribution is 5.75. The Morgan fingerprint density at radius 1 is 1.24 bits per heavy atom. The van der Waals surface area contributed by atoms with Crippen LogP contribution in [0.15, 0.2) is 0 Å². The van der Waals surface area contributed by atoms with Gasteiger partial charge in [0.2, 0.25) is 0 Å². The molecule has 1 aliphatic rings. The fraction of sp³-hybridized carbons (Fsp3) is 0.929. The number of nitrogens with one attached hydrogen (secondary N) is 1. The Morgan fingerprint density at radius 3 is 2.53 bits per heavy atom. The number of hydrogen-bond donors (Lipinski definition) is 1. The zero-order chi connectivity index (χ0) is 12.5. The Labute approximate surface area is 106 Å². The molecule has 0 atom stereocenters. The van der Waals surface area contributed by atoms with Crippen LogP contribution in [0.25, 0.3) is 0 Å². The zero-order valence-electron chi connectivity index (χ0n) is 11.5. The maximum atomic E-state index is 10.9. The number of nitrogens with zero attached hydrogens (tertiary/aromatic N) is 1. The van der Waals surface area contributed by atoms with Gasteiger partial charge in [0, 0.05) is 12.5 Å². The number of unbranched alkanes of at least 4 members (excludes halogenated alkanes) is 1. The first kappa shape index (κ1) is 14.7. The summed E-state index contributed by atoms with van der Waals surface area (Å²) >= 11 is 0. The van der Waals surface area contributed by atoms with Gasteiger partial charge in [0.1, 0.15) is 5.78 Å². The second kappa shape index (κ2) is 8.65. The molecule has 0 unspecified atom stereocenters. The van der Waals surface area contributed by atoms with E-state index in [1.54, 1.807) is 6.92 Å². The predicted octanol–water partition coefficient (Wildman–Crippen LogP) is 2.21. The van der Waals surface area contributed by atoms with Crippen molar-refractivity contribution in [2.75, 3.05) is 26.2 Å². The number of Topliss-reactive ketones (excluding diaryl/α,β-unsaturated/α-hetero) is 1. The standard InChI is InChI=1S/C14H28N2O/c1-3-11-16(12-5-4-6-13(2)17)14-7-9-15-10-8-14/h14-15H,3-12H2,1-2H3. The van der Waals surface area contributed by atoms with Gasteiger partial charge < -0.3 is 15.0 Å². The fourth-order valence-corrected chi connectivity index (χ4v) is 2.62. The summed E-state index contributed by atoms with van der Waals surface area (Å²) in [6, 6.07) is 0.772. The minimum absolute atomic E-state index is 0.328. The molecule has 100 valence electrons. The van der Waals surface area contributed by atoms with Gasteiger partial charge in [0.15, 0.2) is 0 Å². The van der Waals surface area contributed by atoms with Gasteiger partial charge in [-0.1, -0.05) is 6.92 Å². The Bertz CT molecular complexity index is 212. The van der Waals surface area contributed by atoms with E-state index in [9.17, 15) is 4.79 Å². The van der Waals surface area contributed by atoms with Crippen LogP contribution in [0.4, 0.5) is 0 Å². The predicted molar refractivity (Wildman–Crippen MR) is 72.3 cm³/mol. The van der Waals surface area contributed by atoms with Crippen LogP contribution in [0, 0.1) is 0 Å². The molecule has 0 bridgehead atoms. The average molecular weight is 240 g/mol. The van der Waals surface area contributed by atoms with Crippen LogP contribution in [-0.4, -0.2) is 42.9 Å². The molecule has 3 heteroatoms. The normalized spacial score (nSPS) is 17.6. The molecule has 0 spiro atoms. The second-order valence-corrected chi connectivity index (χ2v) is 5.18. The van der Waals surface area contributed by atoms with E-state index in [1.807, 2.05) is 0 Å². The highest BCUT2D eigenvalue weighted by atomic mass is 16.1. The van der Waals surface area contributed by atoms with Crippen LogP contribution in [0.5, 0.6) is 0 Å². The quantitative estimate of drug-likeness (QED) is 0.660. The summed E-state index contributed by atoms with van der Waals surface area (Å²) in [5, 5.41) is 3.42. The topological polar surface area (TPSA) is 32.3 Å². The van der Waals surface area contributed by atoms with Crippen molar-refractivity contribution in [3.63, 3.8) is 0 Å². The van der Waals surface area contributed by atoms with Crippen LogP contribution in [-0.2, 0) is 4.79 Å². The van der Waals surface area contributed by atoms with Crippen LogP contribution in [0.3, 0.4) is 0 Å². The van der Waals surface area contributed by atoms with Crippen molar-refractivity contribution in [2.24, 2.45) is 0 Å². The molecule has 1 saturated heterocycles. The number of carbonyl (C=O) groups is 1. The van der Waals surface area contributed by atoms with Gasteiger partial charge in [0.25, 0.3) is 0 Å². The molecule has 1 rings (SSSR count). The average Bonchev–Trinajstić information content (AvgIpc) is 2.34. The van der Waals surface area contributed by atoms with E-state index in [2.05, 4.69) is 17.1 Å². The van der Waals surface area contributed by atoms with Gasteiger partial charge in [-0.15, -0.1) is 0 Å². The van der Waals surface area contributed by atoms with Gasteiger partial charge in [-0.2, -0.15) is 0 Å². The Morgan fingerprint density at radius 2 is 1.94 bits per heavy atom. The lowest BCUT2D eigenvalue weighted by atomic mass is 10.0. The molecule has 0 aromatic carbocycles. The third-order valence-electron chi connectivity index (χ3n) is 3.56. The van der Waals surface area contributed by atoms with Crippen LogP contribution in [0.1, 0.15) is 52.4 Å². The van der Waals surface area contributed by atoms with Gasteiger partial charge in [-0.25, -0.2) is 0 Å². The summed E-state index contributed by atoms with van der Waals surface area (Å²) < 4.78 is 0. The molecule has 0 aromatic rings. The fourth-order valence-electron chi connectivity index (χ4n) is 2.62. The van der Waals surface area contributed by atoms with E-state index in [0.717, 1.165) is 18.9 Å². The van der Waals surface area contributed by atoms with E-state index >= 15 is 0 Å². The Kier molecular flexibility index (Phi) is 7.45. The van der Waals surface area contributed by atoms with Gasteiger partial charge in [0.05, 0.1) is 0 Å². The maximum Gasteiger partial charge on any atom is 0.129 e.